The van der Waals surface area contributed by atoms with Gasteiger partial charge >= 0.3 is 0 Å². The number of carbonyl (C=O) groups excluding carboxylic acids is 1. The predicted octanol–water partition coefficient (Wildman–Crippen LogP) is 3.68. The fourth-order valence-corrected chi connectivity index (χ4v) is 2.50. The van der Waals surface area contributed by atoms with E-state index in [2.05, 4.69) is 22.0 Å². The number of ketones is 1. The molecule has 0 N–H and O–H groups in total. The molecule has 0 unspecified atom stereocenters. The normalized spacial score (nSPS) is 14.6. The van der Waals surface area contributed by atoms with E-state index in [0.29, 0.717) is 6.42 Å². The smallest absolute Gasteiger partial charge is 0.163 e. The molecule has 2 nitrogen and oxygen atoms in total. The van der Waals surface area contributed by atoms with Gasteiger partial charge in [-0.3, -0.25) is 4.79 Å². The zero-order valence-corrected chi connectivity index (χ0v) is 11.4. The first kappa shape index (κ1) is 12.4. The minimum Gasteiger partial charge on any atom is -0.496 e. The van der Waals surface area contributed by atoms with Gasteiger partial charge in [-0.25, -0.2) is 0 Å². The topological polar surface area (TPSA) is 26.3 Å². The van der Waals surface area contributed by atoms with Gasteiger partial charge in [-0.1, -0.05) is 22.0 Å². The van der Waals surface area contributed by atoms with Gasteiger partial charge in [-0.2, -0.15) is 0 Å². The van der Waals surface area contributed by atoms with Gasteiger partial charge in [0.05, 0.1) is 7.11 Å². The summed E-state index contributed by atoms with van der Waals surface area (Å²) < 4.78 is 6.24. The Morgan fingerprint density at radius 2 is 2.29 bits per heavy atom. The Balaban J connectivity index is 2.17. The van der Waals surface area contributed by atoms with Gasteiger partial charge in [0.15, 0.2) is 5.78 Å². The van der Waals surface area contributed by atoms with E-state index in [1.165, 1.54) is 0 Å². The Kier molecular flexibility index (Phi) is 4.00. The first-order valence-electron chi connectivity index (χ1n) is 5.75. The summed E-state index contributed by atoms with van der Waals surface area (Å²) in [5.41, 5.74) is 1.92. The molecule has 0 atom stereocenters. The van der Waals surface area contributed by atoms with Crippen LogP contribution in [-0.4, -0.2) is 12.9 Å². The summed E-state index contributed by atoms with van der Waals surface area (Å²) in [6.45, 7) is 0. The van der Waals surface area contributed by atoms with Crippen LogP contribution in [0.2, 0.25) is 0 Å². The molecule has 0 heterocycles. The van der Waals surface area contributed by atoms with Crippen molar-refractivity contribution in [3.63, 3.8) is 0 Å². The van der Waals surface area contributed by atoms with E-state index in [0.717, 1.165) is 40.6 Å². The minimum atomic E-state index is 0.221. The number of benzene rings is 1. The van der Waals surface area contributed by atoms with Crippen LogP contribution in [0.15, 0.2) is 34.3 Å². The second-order valence-corrected chi connectivity index (χ2v) is 5.09. The van der Waals surface area contributed by atoms with Crippen LogP contribution in [0.3, 0.4) is 0 Å². The molecule has 0 amide bonds. The maximum absolute atomic E-state index is 12.1. The molecule has 1 aromatic rings. The van der Waals surface area contributed by atoms with Crippen molar-refractivity contribution in [1.82, 2.24) is 0 Å². The van der Waals surface area contributed by atoms with E-state index in [4.69, 9.17) is 4.74 Å². The van der Waals surface area contributed by atoms with Crippen molar-refractivity contribution in [2.75, 3.05) is 7.11 Å². The third kappa shape index (κ3) is 2.97. The SMILES string of the molecule is COc1ccc(Br)cc1CC(=O)C1=CCCC1. The molecule has 2 rings (SSSR count). The van der Waals surface area contributed by atoms with Crippen molar-refractivity contribution >= 4 is 21.7 Å². The Morgan fingerprint density at radius 3 is 2.94 bits per heavy atom. The molecule has 0 radical (unpaired) electrons. The summed E-state index contributed by atoms with van der Waals surface area (Å²) in [6, 6.07) is 5.75. The second kappa shape index (κ2) is 5.50. The van der Waals surface area contributed by atoms with Crippen molar-refractivity contribution in [2.24, 2.45) is 0 Å². The van der Waals surface area contributed by atoms with Crippen LogP contribution in [0.4, 0.5) is 0 Å². The number of halogens is 1. The maximum atomic E-state index is 12.1. The number of Topliss-reactive ketones (excluding diaryl/α,β-unsaturated/α-hetero) is 1. The van der Waals surface area contributed by atoms with E-state index < -0.39 is 0 Å². The largest absolute Gasteiger partial charge is 0.496 e. The van der Waals surface area contributed by atoms with Crippen molar-refractivity contribution in [3.8, 4) is 5.75 Å². The molecule has 17 heavy (non-hydrogen) atoms. The van der Waals surface area contributed by atoms with Crippen molar-refractivity contribution in [3.05, 3.63) is 39.9 Å². The van der Waals surface area contributed by atoms with E-state index >= 15 is 0 Å². The van der Waals surface area contributed by atoms with Crippen LogP contribution in [0.25, 0.3) is 0 Å². The third-order valence-corrected chi connectivity index (χ3v) is 3.49. The van der Waals surface area contributed by atoms with Gasteiger partial charge in [0.25, 0.3) is 0 Å². The summed E-state index contributed by atoms with van der Waals surface area (Å²) in [7, 11) is 1.63. The Hall–Kier alpha value is -1.09. The lowest BCUT2D eigenvalue weighted by Crippen LogP contribution is -2.06. The molecule has 0 bridgehead atoms. The molecule has 0 saturated carbocycles. The first-order chi connectivity index (χ1) is 8.20. The van der Waals surface area contributed by atoms with Crippen LogP contribution in [0, 0.1) is 0 Å². The average Bonchev–Trinajstić information content (AvgIpc) is 2.83. The Morgan fingerprint density at radius 1 is 1.47 bits per heavy atom. The summed E-state index contributed by atoms with van der Waals surface area (Å²) in [6.07, 6.45) is 5.56. The molecule has 1 aliphatic carbocycles. The van der Waals surface area contributed by atoms with Crippen LogP contribution in [0.1, 0.15) is 24.8 Å². The molecule has 1 aliphatic rings. The molecule has 0 aliphatic heterocycles. The molecule has 0 aromatic heterocycles. The van der Waals surface area contributed by atoms with E-state index in [1.807, 2.05) is 18.2 Å². The predicted molar refractivity (Wildman–Crippen MR) is 71.3 cm³/mol. The van der Waals surface area contributed by atoms with Gasteiger partial charge in [0, 0.05) is 16.5 Å². The number of carbonyl (C=O) groups is 1. The molecular weight excluding hydrogens is 280 g/mol. The summed E-state index contributed by atoms with van der Waals surface area (Å²) in [5.74, 6) is 0.999. The monoisotopic (exact) mass is 294 g/mol. The highest BCUT2D eigenvalue weighted by molar-refractivity contribution is 9.10. The lowest BCUT2D eigenvalue weighted by Gasteiger charge is -2.08. The molecule has 3 heteroatoms. The summed E-state index contributed by atoms with van der Waals surface area (Å²) in [4.78, 5) is 12.1. The molecule has 0 saturated heterocycles. The number of hydrogen-bond acceptors (Lipinski definition) is 2. The first-order valence-corrected chi connectivity index (χ1v) is 6.54. The van der Waals surface area contributed by atoms with Crippen LogP contribution in [-0.2, 0) is 11.2 Å². The van der Waals surface area contributed by atoms with Gasteiger partial charge in [0.2, 0.25) is 0 Å². The van der Waals surface area contributed by atoms with Gasteiger partial charge in [-0.05, 0) is 43.0 Å². The highest BCUT2D eigenvalue weighted by atomic mass is 79.9. The number of hydrogen-bond donors (Lipinski definition) is 0. The highest BCUT2D eigenvalue weighted by Gasteiger charge is 2.15. The van der Waals surface area contributed by atoms with Gasteiger partial charge in [0.1, 0.15) is 5.75 Å². The molecule has 1 aromatic carbocycles. The molecule has 0 spiro atoms. The summed E-state index contributed by atoms with van der Waals surface area (Å²) >= 11 is 3.42. The van der Waals surface area contributed by atoms with E-state index in [1.54, 1.807) is 7.11 Å². The number of allylic oxidation sites excluding steroid dienone is 2. The zero-order valence-electron chi connectivity index (χ0n) is 9.83. The van der Waals surface area contributed by atoms with Gasteiger partial charge in [-0.15, -0.1) is 0 Å². The fourth-order valence-electron chi connectivity index (χ4n) is 2.10. The standard InChI is InChI=1S/C14H15BrO2/c1-17-14-7-6-12(15)8-11(14)9-13(16)10-4-2-3-5-10/h4,6-8H,2-3,5,9H2,1H3. The van der Waals surface area contributed by atoms with Crippen LogP contribution >= 0.6 is 15.9 Å². The van der Waals surface area contributed by atoms with E-state index in [9.17, 15) is 4.79 Å². The lowest BCUT2D eigenvalue weighted by molar-refractivity contribution is -0.115. The van der Waals surface area contributed by atoms with Crippen LogP contribution in [0.5, 0.6) is 5.75 Å². The van der Waals surface area contributed by atoms with Crippen molar-refractivity contribution in [1.29, 1.82) is 0 Å². The third-order valence-electron chi connectivity index (χ3n) is 2.99. The minimum absolute atomic E-state index is 0.221. The maximum Gasteiger partial charge on any atom is 0.163 e. The second-order valence-electron chi connectivity index (χ2n) is 4.18. The molecular formula is C14H15BrO2. The highest BCUT2D eigenvalue weighted by Crippen LogP contribution is 2.26. The Labute approximate surface area is 110 Å². The molecule has 0 fully saturated rings. The quantitative estimate of drug-likeness (QED) is 0.847. The zero-order chi connectivity index (χ0) is 12.3. The van der Waals surface area contributed by atoms with Crippen molar-refractivity contribution in [2.45, 2.75) is 25.7 Å². The average molecular weight is 295 g/mol. The summed E-state index contributed by atoms with van der Waals surface area (Å²) in [5, 5.41) is 0. The fraction of sp³-hybridized carbons (Fsp3) is 0.357. The van der Waals surface area contributed by atoms with E-state index in [-0.39, 0.29) is 5.78 Å². The Bertz CT molecular complexity index is 463. The van der Waals surface area contributed by atoms with Crippen LogP contribution < -0.4 is 4.74 Å². The van der Waals surface area contributed by atoms with Crippen molar-refractivity contribution < 1.29 is 9.53 Å². The van der Waals surface area contributed by atoms with Gasteiger partial charge < -0.3 is 4.74 Å². The lowest BCUT2D eigenvalue weighted by atomic mass is 10.0. The molecule has 90 valence electrons. The number of rotatable bonds is 4. The number of ether oxygens (including phenoxy) is 1. The number of methoxy groups -OCH3 is 1.